The molecule has 0 aromatic heterocycles. The van der Waals surface area contributed by atoms with Gasteiger partial charge in [-0.3, -0.25) is 9.59 Å². The van der Waals surface area contributed by atoms with Crippen molar-refractivity contribution in [3.05, 3.63) is 89.5 Å². The molecule has 0 saturated carbocycles. The number of nitrogens with one attached hydrogen (secondary N) is 2. The first-order valence-corrected chi connectivity index (χ1v) is 10.2. The van der Waals surface area contributed by atoms with E-state index < -0.39 is 6.04 Å². The van der Waals surface area contributed by atoms with Gasteiger partial charge in [0, 0.05) is 6.54 Å². The largest absolute Gasteiger partial charge is 0.497 e. The number of rotatable bonds is 2. The Labute approximate surface area is 181 Å². The second-order valence-corrected chi connectivity index (χ2v) is 7.38. The van der Waals surface area contributed by atoms with Gasteiger partial charge in [-0.25, -0.2) is 0 Å². The van der Waals surface area contributed by atoms with E-state index in [2.05, 4.69) is 10.6 Å². The van der Waals surface area contributed by atoms with E-state index in [0.717, 1.165) is 16.9 Å². The summed E-state index contributed by atoms with van der Waals surface area (Å²) in [5, 5.41) is 5.81. The molecule has 0 unspecified atom stereocenters. The third-order valence-corrected chi connectivity index (χ3v) is 5.15. The standard InChI is InChI=1S/C25H24N2O4/c1-30-20-11-7-19(8-12-20)24-25(29)26-14-13-17-5-9-21(10-6-17)31-22-4-2-3-18(15-22)16-23(28)27-24/h2-12,15,24H,13-14,16H2,1H3,(H,26,29)(H,27,28)/t24-/m1/s1. The maximum Gasteiger partial charge on any atom is 0.247 e. The zero-order valence-corrected chi connectivity index (χ0v) is 17.3. The molecule has 6 nitrogen and oxygen atoms in total. The molecule has 0 fully saturated rings. The molecule has 2 aliphatic rings. The highest BCUT2D eigenvalue weighted by Crippen LogP contribution is 2.24. The third-order valence-electron chi connectivity index (χ3n) is 5.15. The topological polar surface area (TPSA) is 76.7 Å². The summed E-state index contributed by atoms with van der Waals surface area (Å²) < 4.78 is 11.1. The minimum absolute atomic E-state index is 0.135. The van der Waals surface area contributed by atoms with Gasteiger partial charge in [0.25, 0.3) is 0 Å². The van der Waals surface area contributed by atoms with E-state index in [1.807, 2.05) is 48.5 Å². The summed E-state index contributed by atoms with van der Waals surface area (Å²) in [5.74, 6) is 1.57. The lowest BCUT2D eigenvalue weighted by Gasteiger charge is -2.20. The first-order valence-electron chi connectivity index (χ1n) is 10.2. The number of carbonyl (C=O) groups is 2. The van der Waals surface area contributed by atoms with Gasteiger partial charge in [0.05, 0.1) is 13.5 Å². The van der Waals surface area contributed by atoms with Gasteiger partial charge in [-0.15, -0.1) is 0 Å². The fourth-order valence-corrected chi connectivity index (χ4v) is 3.51. The van der Waals surface area contributed by atoms with Crippen LogP contribution in [0.2, 0.25) is 0 Å². The Balaban J connectivity index is 1.63. The number of hydrogen-bond acceptors (Lipinski definition) is 4. The number of ether oxygens (including phenoxy) is 2. The first kappa shape index (κ1) is 20.5. The molecule has 0 radical (unpaired) electrons. The predicted molar refractivity (Wildman–Crippen MR) is 117 cm³/mol. The van der Waals surface area contributed by atoms with Crippen LogP contribution in [0, 0.1) is 0 Å². The van der Waals surface area contributed by atoms with Gasteiger partial charge in [0.1, 0.15) is 23.3 Å². The van der Waals surface area contributed by atoms with Crippen molar-refractivity contribution in [2.45, 2.75) is 18.9 Å². The lowest BCUT2D eigenvalue weighted by atomic mass is 10.0. The van der Waals surface area contributed by atoms with Crippen molar-refractivity contribution >= 4 is 11.8 Å². The molecule has 4 bridgehead atoms. The minimum atomic E-state index is -0.798. The average molecular weight is 416 g/mol. The van der Waals surface area contributed by atoms with Crippen molar-refractivity contribution in [2.24, 2.45) is 0 Å². The number of fused-ring (bicyclic) bond motifs is 9. The Morgan fingerprint density at radius 2 is 1.68 bits per heavy atom. The van der Waals surface area contributed by atoms with Crippen LogP contribution in [0.15, 0.2) is 72.8 Å². The SMILES string of the molecule is COc1ccc([C@H]2NC(=O)Cc3cccc(c3)Oc3ccc(cc3)CCNC2=O)cc1. The summed E-state index contributed by atoms with van der Waals surface area (Å²) >= 11 is 0. The maximum absolute atomic E-state index is 13.0. The smallest absolute Gasteiger partial charge is 0.247 e. The monoisotopic (exact) mass is 416 g/mol. The summed E-state index contributed by atoms with van der Waals surface area (Å²) in [6.07, 6.45) is 0.806. The Morgan fingerprint density at radius 3 is 2.42 bits per heavy atom. The second-order valence-electron chi connectivity index (χ2n) is 7.38. The van der Waals surface area contributed by atoms with E-state index in [9.17, 15) is 9.59 Å². The summed E-state index contributed by atoms with van der Waals surface area (Å²) in [6.45, 7) is 0.459. The molecule has 2 aliphatic heterocycles. The molecule has 0 spiro atoms. The number of hydrogen-bond donors (Lipinski definition) is 2. The van der Waals surface area contributed by atoms with Gasteiger partial charge >= 0.3 is 0 Å². The minimum Gasteiger partial charge on any atom is -0.497 e. The van der Waals surface area contributed by atoms with E-state index in [4.69, 9.17) is 9.47 Å². The maximum atomic E-state index is 13.0. The molecule has 6 heteroatoms. The number of amides is 2. The summed E-state index contributed by atoms with van der Waals surface area (Å²) in [6, 6.07) is 21.5. The number of methoxy groups -OCH3 is 1. The predicted octanol–water partition coefficient (Wildman–Crippen LogP) is 3.56. The quantitative estimate of drug-likeness (QED) is 0.670. The highest BCUT2D eigenvalue weighted by atomic mass is 16.5. The fourth-order valence-electron chi connectivity index (χ4n) is 3.51. The Hall–Kier alpha value is -3.80. The van der Waals surface area contributed by atoms with Crippen molar-refractivity contribution in [1.29, 1.82) is 0 Å². The molecule has 3 aromatic carbocycles. The average Bonchev–Trinajstić information content (AvgIpc) is 2.78. The van der Waals surface area contributed by atoms with E-state index in [1.165, 1.54) is 0 Å². The van der Waals surface area contributed by atoms with Gasteiger partial charge in [-0.2, -0.15) is 0 Å². The summed E-state index contributed by atoms with van der Waals surface area (Å²) in [7, 11) is 1.58. The second kappa shape index (κ2) is 9.34. The molecule has 3 aromatic rings. The third kappa shape index (κ3) is 5.22. The summed E-state index contributed by atoms with van der Waals surface area (Å²) in [4.78, 5) is 25.7. The molecule has 0 saturated heterocycles. The molecule has 158 valence electrons. The number of benzene rings is 3. The molecule has 2 amide bonds. The Morgan fingerprint density at radius 1 is 0.903 bits per heavy atom. The van der Waals surface area contributed by atoms with Crippen LogP contribution in [0.4, 0.5) is 0 Å². The normalized spacial score (nSPS) is 16.7. The molecule has 5 rings (SSSR count). The fraction of sp³-hybridized carbons (Fsp3) is 0.200. The van der Waals surface area contributed by atoms with E-state index >= 15 is 0 Å². The van der Waals surface area contributed by atoms with Gasteiger partial charge in [0.2, 0.25) is 11.8 Å². The highest BCUT2D eigenvalue weighted by molar-refractivity contribution is 5.89. The molecule has 1 atom stereocenters. The first-order chi connectivity index (χ1) is 15.1. The molecule has 0 aliphatic carbocycles. The van der Waals surface area contributed by atoms with Crippen LogP contribution in [-0.2, 0) is 22.4 Å². The highest BCUT2D eigenvalue weighted by Gasteiger charge is 2.23. The zero-order valence-electron chi connectivity index (χ0n) is 17.3. The van der Waals surface area contributed by atoms with Crippen LogP contribution in [0.1, 0.15) is 22.7 Å². The van der Waals surface area contributed by atoms with Crippen molar-refractivity contribution in [3.63, 3.8) is 0 Å². The lowest BCUT2D eigenvalue weighted by Crippen LogP contribution is -2.41. The lowest BCUT2D eigenvalue weighted by molar-refractivity contribution is -0.128. The van der Waals surface area contributed by atoms with Gasteiger partial charge in [0.15, 0.2) is 0 Å². The van der Waals surface area contributed by atoms with E-state index in [1.54, 1.807) is 31.4 Å². The van der Waals surface area contributed by atoms with Crippen LogP contribution in [0.25, 0.3) is 0 Å². The van der Waals surface area contributed by atoms with E-state index in [-0.39, 0.29) is 18.2 Å². The molecule has 31 heavy (non-hydrogen) atoms. The van der Waals surface area contributed by atoms with Gasteiger partial charge in [-0.05, 0) is 59.5 Å². The van der Waals surface area contributed by atoms with Crippen LogP contribution >= 0.6 is 0 Å². The number of carbonyl (C=O) groups excluding carboxylic acids is 2. The van der Waals surface area contributed by atoms with E-state index in [0.29, 0.717) is 30.0 Å². The molecule has 2 heterocycles. The van der Waals surface area contributed by atoms with Crippen LogP contribution in [-0.4, -0.2) is 25.5 Å². The van der Waals surface area contributed by atoms with Gasteiger partial charge in [-0.1, -0.05) is 36.4 Å². The van der Waals surface area contributed by atoms with Crippen LogP contribution in [0.5, 0.6) is 17.2 Å². The van der Waals surface area contributed by atoms with Crippen LogP contribution < -0.4 is 20.1 Å². The Bertz CT molecular complexity index is 1060. The van der Waals surface area contributed by atoms with Crippen molar-refractivity contribution < 1.29 is 19.1 Å². The Kier molecular flexibility index (Phi) is 6.17. The van der Waals surface area contributed by atoms with Crippen molar-refractivity contribution in [3.8, 4) is 17.2 Å². The van der Waals surface area contributed by atoms with Crippen molar-refractivity contribution in [1.82, 2.24) is 10.6 Å². The zero-order chi connectivity index (χ0) is 21.6. The molecular formula is C25H24N2O4. The molecule has 2 N–H and O–H groups in total. The summed E-state index contributed by atoms with van der Waals surface area (Å²) in [5.41, 5.74) is 2.57. The van der Waals surface area contributed by atoms with Gasteiger partial charge < -0.3 is 20.1 Å². The van der Waals surface area contributed by atoms with Crippen molar-refractivity contribution in [2.75, 3.05) is 13.7 Å². The molecular weight excluding hydrogens is 392 g/mol. The van der Waals surface area contributed by atoms with Crippen LogP contribution in [0.3, 0.4) is 0 Å².